The van der Waals surface area contributed by atoms with Crippen molar-refractivity contribution < 1.29 is 8.81 Å². The van der Waals surface area contributed by atoms with Crippen LogP contribution in [0, 0.1) is 5.82 Å². The molecule has 1 heterocycles. The molecule has 3 nitrogen and oxygen atoms in total. The predicted octanol–water partition coefficient (Wildman–Crippen LogP) is 2.77. The molecule has 0 saturated heterocycles. The van der Waals surface area contributed by atoms with Gasteiger partial charge in [0.2, 0.25) is 0 Å². The van der Waals surface area contributed by atoms with Crippen LogP contribution >= 0.6 is 0 Å². The molecule has 0 amide bonds. The molecular weight excluding hydrogens is 243 g/mol. The first-order chi connectivity index (χ1) is 9.19. The Hall–Kier alpha value is -1.65. The lowest BCUT2D eigenvalue weighted by Gasteiger charge is -2.16. The van der Waals surface area contributed by atoms with E-state index in [2.05, 4.69) is 10.2 Å². The highest BCUT2D eigenvalue weighted by Gasteiger charge is 2.09. The Morgan fingerprint density at radius 1 is 1.26 bits per heavy atom. The minimum absolute atomic E-state index is 0.190. The second-order valence-electron chi connectivity index (χ2n) is 4.70. The Balaban J connectivity index is 1.97. The minimum atomic E-state index is -0.190. The van der Waals surface area contributed by atoms with E-state index in [9.17, 15) is 4.39 Å². The molecule has 0 saturated carbocycles. The lowest BCUT2D eigenvalue weighted by molar-refractivity contribution is 0.314. The van der Waals surface area contributed by atoms with Crippen molar-refractivity contribution in [2.24, 2.45) is 0 Å². The van der Waals surface area contributed by atoms with E-state index in [0.717, 1.165) is 30.0 Å². The van der Waals surface area contributed by atoms with Gasteiger partial charge in [0.15, 0.2) is 0 Å². The summed E-state index contributed by atoms with van der Waals surface area (Å²) in [5.74, 6) is 0.763. The number of hydrogen-bond acceptors (Lipinski definition) is 3. The fourth-order valence-corrected chi connectivity index (χ4v) is 2.12. The molecule has 0 atom stereocenters. The average molecular weight is 262 g/mol. The number of benzene rings is 1. The second kappa shape index (κ2) is 6.50. The summed E-state index contributed by atoms with van der Waals surface area (Å²) < 4.78 is 18.5. The summed E-state index contributed by atoms with van der Waals surface area (Å²) in [6, 6.07) is 8.69. The van der Waals surface area contributed by atoms with E-state index in [1.165, 1.54) is 6.07 Å². The summed E-state index contributed by atoms with van der Waals surface area (Å²) in [6.45, 7) is 2.21. The van der Waals surface area contributed by atoms with E-state index >= 15 is 0 Å². The van der Waals surface area contributed by atoms with Crippen LogP contribution in [0.2, 0.25) is 0 Å². The number of hydrogen-bond donors (Lipinski definition) is 1. The van der Waals surface area contributed by atoms with Gasteiger partial charge >= 0.3 is 0 Å². The van der Waals surface area contributed by atoms with Gasteiger partial charge in [-0.2, -0.15) is 0 Å². The Morgan fingerprint density at radius 2 is 2.11 bits per heavy atom. The van der Waals surface area contributed by atoms with E-state index < -0.39 is 0 Å². The van der Waals surface area contributed by atoms with Crippen LogP contribution in [0.4, 0.5) is 4.39 Å². The SMILES string of the molecule is CNCc1occc1CN(C)Cc1cccc(F)c1. The molecule has 2 aromatic rings. The van der Waals surface area contributed by atoms with Crippen molar-refractivity contribution in [3.63, 3.8) is 0 Å². The summed E-state index contributed by atoms with van der Waals surface area (Å²) >= 11 is 0. The summed E-state index contributed by atoms with van der Waals surface area (Å²) in [5.41, 5.74) is 2.13. The number of halogens is 1. The maximum absolute atomic E-state index is 13.1. The molecule has 0 unspecified atom stereocenters. The molecule has 0 aliphatic rings. The van der Waals surface area contributed by atoms with Crippen LogP contribution in [0.5, 0.6) is 0 Å². The van der Waals surface area contributed by atoms with Crippen LogP contribution in [-0.2, 0) is 19.6 Å². The smallest absolute Gasteiger partial charge is 0.123 e. The standard InChI is InChI=1S/C15H19FN2O/c1-17-9-15-13(6-7-19-15)11-18(2)10-12-4-3-5-14(16)8-12/h3-8,17H,9-11H2,1-2H3. The molecule has 2 rings (SSSR count). The summed E-state index contributed by atoms with van der Waals surface area (Å²) in [5, 5.41) is 3.08. The van der Waals surface area contributed by atoms with Crippen molar-refractivity contribution >= 4 is 0 Å². The van der Waals surface area contributed by atoms with E-state index in [1.54, 1.807) is 18.4 Å². The van der Waals surface area contributed by atoms with Crippen molar-refractivity contribution in [1.29, 1.82) is 0 Å². The summed E-state index contributed by atoms with van der Waals surface area (Å²) in [7, 11) is 3.91. The molecule has 102 valence electrons. The maximum Gasteiger partial charge on any atom is 0.123 e. The first-order valence-electron chi connectivity index (χ1n) is 6.32. The predicted molar refractivity (Wildman–Crippen MR) is 73.0 cm³/mol. The molecule has 0 aliphatic heterocycles. The zero-order valence-corrected chi connectivity index (χ0v) is 11.3. The van der Waals surface area contributed by atoms with Gasteiger partial charge in [-0.1, -0.05) is 12.1 Å². The maximum atomic E-state index is 13.1. The third-order valence-electron chi connectivity index (χ3n) is 2.96. The number of furan rings is 1. The second-order valence-corrected chi connectivity index (χ2v) is 4.70. The summed E-state index contributed by atoms with van der Waals surface area (Å²) in [4.78, 5) is 2.14. The molecule has 1 aromatic heterocycles. The molecule has 1 N–H and O–H groups in total. The Bertz CT molecular complexity index is 524. The van der Waals surface area contributed by atoms with E-state index in [4.69, 9.17) is 4.42 Å². The van der Waals surface area contributed by atoms with Crippen LogP contribution in [-0.4, -0.2) is 19.0 Å². The molecule has 4 heteroatoms. The molecule has 0 bridgehead atoms. The van der Waals surface area contributed by atoms with Crippen molar-refractivity contribution in [1.82, 2.24) is 10.2 Å². The Kier molecular flexibility index (Phi) is 4.71. The molecule has 0 radical (unpaired) electrons. The van der Waals surface area contributed by atoms with Gasteiger partial charge in [0.25, 0.3) is 0 Å². The normalized spacial score (nSPS) is 11.2. The van der Waals surface area contributed by atoms with Gasteiger partial charge in [0.1, 0.15) is 11.6 Å². The highest BCUT2D eigenvalue weighted by molar-refractivity contribution is 5.18. The van der Waals surface area contributed by atoms with Gasteiger partial charge in [-0.3, -0.25) is 4.90 Å². The molecule has 0 spiro atoms. The van der Waals surface area contributed by atoms with Crippen LogP contribution in [0.15, 0.2) is 41.0 Å². The Labute approximate surface area is 113 Å². The van der Waals surface area contributed by atoms with Gasteiger partial charge < -0.3 is 9.73 Å². The molecule has 0 fully saturated rings. The molecule has 19 heavy (non-hydrogen) atoms. The van der Waals surface area contributed by atoms with Crippen molar-refractivity contribution in [2.45, 2.75) is 19.6 Å². The zero-order chi connectivity index (χ0) is 13.7. The quantitative estimate of drug-likeness (QED) is 0.867. The average Bonchev–Trinajstić information content (AvgIpc) is 2.77. The number of nitrogens with zero attached hydrogens (tertiary/aromatic N) is 1. The van der Waals surface area contributed by atoms with Crippen molar-refractivity contribution in [3.8, 4) is 0 Å². The van der Waals surface area contributed by atoms with Gasteiger partial charge in [-0.15, -0.1) is 0 Å². The first-order valence-corrected chi connectivity index (χ1v) is 6.32. The van der Waals surface area contributed by atoms with Crippen LogP contribution < -0.4 is 5.32 Å². The lowest BCUT2D eigenvalue weighted by atomic mass is 10.2. The minimum Gasteiger partial charge on any atom is -0.468 e. The van der Waals surface area contributed by atoms with Gasteiger partial charge in [0.05, 0.1) is 12.8 Å². The molecule has 0 aliphatic carbocycles. The highest BCUT2D eigenvalue weighted by atomic mass is 19.1. The number of nitrogens with one attached hydrogen (secondary N) is 1. The lowest BCUT2D eigenvalue weighted by Crippen LogP contribution is -2.18. The molecule has 1 aromatic carbocycles. The largest absolute Gasteiger partial charge is 0.468 e. The third-order valence-corrected chi connectivity index (χ3v) is 2.96. The van der Waals surface area contributed by atoms with E-state index in [0.29, 0.717) is 6.54 Å². The fraction of sp³-hybridized carbons (Fsp3) is 0.333. The molecular formula is C15H19FN2O. The van der Waals surface area contributed by atoms with Gasteiger partial charge in [-0.25, -0.2) is 4.39 Å². The Morgan fingerprint density at radius 3 is 2.84 bits per heavy atom. The first kappa shape index (κ1) is 13.8. The fourth-order valence-electron chi connectivity index (χ4n) is 2.12. The third kappa shape index (κ3) is 3.91. The summed E-state index contributed by atoms with van der Waals surface area (Å²) in [6.07, 6.45) is 1.71. The number of rotatable bonds is 6. The van der Waals surface area contributed by atoms with Crippen LogP contribution in [0.3, 0.4) is 0 Å². The van der Waals surface area contributed by atoms with Gasteiger partial charge in [0, 0.05) is 18.7 Å². The van der Waals surface area contributed by atoms with E-state index in [1.807, 2.05) is 26.2 Å². The monoisotopic (exact) mass is 262 g/mol. The van der Waals surface area contributed by atoms with Crippen molar-refractivity contribution in [2.75, 3.05) is 14.1 Å². The van der Waals surface area contributed by atoms with Crippen LogP contribution in [0.1, 0.15) is 16.9 Å². The topological polar surface area (TPSA) is 28.4 Å². The van der Waals surface area contributed by atoms with Crippen molar-refractivity contribution in [3.05, 3.63) is 59.3 Å². The highest BCUT2D eigenvalue weighted by Crippen LogP contribution is 2.14. The van der Waals surface area contributed by atoms with Gasteiger partial charge in [-0.05, 0) is 37.9 Å². The zero-order valence-electron chi connectivity index (χ0n) is 11.3. The van der Waals surface area contributed by atoms with Crippen LogP contribution in [0.25, 0.3) is 0 Å². The van der Waals surface area contributed by atoms with E-state index in [-0.39, 0.29) is 5.82 Å².